The molecular formula is C12H10ClFN2OS. The van der Waals surface area contributed by atoms with Gasteiger partial charge < -0.3 is 4.98 Å². The Bertz CT molecular complexity index is 603. The number of thioether (sulfide) groups is 1. The van der Waals surface area contributed by atoms with E-state index in [0.717, 1.165) is 4.90 Å². The monoisotopic (exact) mass is 284 g/mol. The zero-order valence-electron chi connectivity index (χ0n) is 9.32. The minimum Gasteiger partial charge on any atom is -0.310 e. The van der Waals surface area contributed by atoms with Crippen LogP contribution < -0.4 is 5.56 Å². The summed E-state index contributed by atoms with van der Waals surface area (Å²) >= 11 is 6.97. The van der Waals surface area contributed by atoms with Gasteiger partial charge in [-0.25, -0.2) is 9.37 Å². The number of nitrogens with zero attached hydrogens (tertiary/aromatic N) is 1. The molecule has 0 aliphatic heterocycles. The molecule has 94 valence electrons. The molecule has 18 heavy (non-hydrogen) atoms. The maximum Gasteiger partial charge on any atom is 0.255 e. The minimum absolute atomic E-state index is 0.139. The lowest BCUT2D eigenvalue weighted by atomic mass is 10.4. The zero-order chi connectivity index (χ0) is 13.0. The van der Waals surface area contributed by atoms with E-state index < -0.39 is 0 Å². The Morgan fingerprint density at radius 3 is 2.94 bits per heavy atom. The van der Waals surface area contributed by atoms with E-state index in [1.54, 1.807) is 12.1 Å². The molecule has 1 N–H and O–H groups in total. The minimum atomic E-state index is -0.279. The van der Waals surface area contributed by atoms with Crippen LogP contribution in [0.5, 0.6) is 0 Å². The van der Waals surface area contributed by atoms with E-state index in [9.17, 15) is 9.18 Å². The fraction of sp³-hybridized carbons (Fsp3) is 0.167. The number of aromatic nitrogens is 2. The predicted molar refractivity (Wildman–Crippen MR) is 70.4 cm³/mol. The Labute approximate surface area is 112 Å². The number of hydrogen-bond acceptors (Lipinski definition) is 3. The van der Waals surface area contributed by atoms with Crippen LogP contribution in [-0.4, -0.2) is 9.97 Å². The Balaban J connectivity index is 2.06. The van der Waals surface area contributed by atoms with Gasteiger partial charge in [0.25, 0.3) is 5.56 Å². The Kier molecular flexibility index (Phi) is 4.38. The molecule has 0 fully saturated rings. The van der Waals surface area contributed by atoms with Gasteiger partial charge in [0.05, 0.1) is 17.2 Å². The lowest BCUT2D eigenvalue weighted by Crippen LogP contribution is -2.14. The van der Waals surface area contributed by atoms with Crippen LogP contribution in [0, 0.1) is 5.82 Å². The molecule has 0 aliphatic carbocycles. The van der Waals surface area contributed by atoms with Crippen LogP contribution in [0.3, 0.4) is 0 Å². The number of benzene rings is 1. The van der Waals surface area contributed by atoms with Crippen molar-refractivity contribution in [2.75, 3.05) is 0 Å². The first kappa shape index (κ1) is 13.1. The van der Waals surface area contributed by atoms with Crippen molar-refractivity contribution in [3.8, 4) is 0 Å². The molecular weight excluding hydrogens is 275 g/mol. The van der Waals surface area contributed by atoms with Gasteiger partial charge >= 0.3 is 0 Å². The molecule has 2 rings (SSSR count). The number of halogens is 2. The summed E-state index contributed by atoms with van der Waals surface area (Å²) in [6.07, 6.45) is 1.47. The predicted octanol–water partition coefficient (Wildman–Crippen LogP) is 2.94. The number of H-pyrrole nitrogens is 1. The van der Waals surface area contributed by atoms with Gasteiger partial charge in [-0.15, -0.1) is 23.4 Å². The van der Waals surface area contributed by atoms with Crippen molar-refractivity contribution < 1.29 is 4.39 Å². The molecule has 2 aromatic rings. The summed E-state index contributed by atoms with van der Waals surface area (Å²) in [4.78, 5) is 19.0. The highest BCUT2D eigenvalue weighted by Gasteiger charge is 2.03. The van der Waals surface area contributed by atoms with Crippen LogP contribution in [0.4, 0.5) is 4.39 Å². The Hall–Kier alpha value is -1.33. The average Bonchev–Trinajstić information content (AvgIpc) is 2.37. The van der Waals surface area contributed by atoms with Crippen LogP contribution in [-0.2, 0) is 11.6 Å². The molecule has 1 aromatic heterocycles. The van der Waals surface area contributed by atoms with Crippen molar-refractivity contribution in [3.63, 3.8) is 0 Å². The molecule has 0 atom stereocenters. The summed E-state index contributed by atoms with van der Waals surface area (Å²) in [5, 5.41) is 0. The molecule has 0 unspecified atom stereocenters. The summed E-state index contributed by atoms with van der Waals surface area (Å²) in [6.45, 7) is 0. The first-order chi connectivity index (χ1) is 8.69. The number of nitrogens with one attached hydrogen (secondary N) is 1. The van der Waals surface area contributed by atoms with Crippen LogP contribution in [0.1, 0.15) is 11.4 Å². The highest BCUT2D eigenvalue weighted by molar-refractivity contribution is 7.98. The largest absolute Gasteiger partial charge is 0.310 e. The van der Waals surface area contributed by atoms with E-state index in [0.29, 0.717) is 17.1 Å². The van der Waals surface area contributed by atoms with Gasteiger partial charge in [0.1, 0.15) is 11.6 Å². The maximum absolute atomic E-state index is 13.0. The third kappa shape index (κ3) is 3.34. The van der Waals surface area contributed by atoms with Gasteiger partial charge in [-0.3, -0.25) is 4.79 Å². The second-order valence-electron chi connectivity index (χ2n) is 3.56. The molecule has 0 amide bonds. The van der Waals surface area contributed by atoms with Crippen molar-refractivity contribution in [1.29, 1.82) is 0 Å². The van der Waals surface area contributed by atoms with Crippen LogP contribution in [0.25, 0.3) is 0 Å². The van der Waals surface area contributed by atoms with Gasteiger partial charge in [0.15, 0.2) is 0 Å². The van der Waals surface area contributed by atoms with E-state index in [1.807, 2.05) is 0 Å². The fourth-order valence-electron chi connectivity index (χ4n) is 1.34. The molecule has 0 aliphatic rings. The standard InChI is InChI=1S/C12H10ClFN2OS/c13-5-8-6-15-11(16-12(8)17)7-18-10-3-1-2-9(14)4-10/h1-4,6H,5,7H2,(H,15,16,17). The highest BCUT2D eigenvalue weighted by Crippen LogP contribution is 2.21. The van der Waals surface area contributed by atoms with E-state index in [4.69, 9.17) is 11.6 Å². The molecule has 1 aromatic carbocycles. The number of hydrogen-bond donors (Lipinski definition) is 1. The molecule has 0 saturated carbocycles. The molecule has 1 heterocycles. The van der Waals surface area contributed by atoms with Gasteiger partial charge in [-0.2, -0.15) is 0 Å². The number of rotatable bonds is 4. The molecule has 0 bridgehead atoms. The lowest BCUT2D eigenvalue weighted by molar-refractivity contribution is 0.624. The Morgan fingerprint density at radius 2 is 2.28 bits per heavy atom. The SMILES string of the molecule is O=c1[nH]c(CSc2cccc(F)c2)ncc1CCl. The molecule has 6 heteroatoms. The quantitative estimate of drug-likeness (QED) is 0.693. The van der Waals surface area contributed by atoms with Gasteiger partial charge in [0.2, 0.25) is 0 Å². The van der Waals surface area contributed by atoms with Crippen molar-refractivity contribution in [2.45, 2.75) is 16.5 Å². The second kappa shape index (κ2) is 6.02. The normalized spacial score (nSPS) is 10.6. The molecule has 0 radical (unpaired) electrons. The first-order valence-electron chi connectivity index (χ1n) is 5.20. The van der Waals surface area contributed by atoms with E-state index in [1.165, 1.54) is 30.1 Å². The smallest absolute Gasteiger partial charge is 0.255 e. The maximum atomic E-state index is 13.0. The molecule has 0 saturated heterocycles. The average molecular weight is 285 g/mol. The van der Waals surface area contributed by atoms with E-state index in [-0.39, 0.29) is 17.3 Å². The third-order valence-electron chi connectivity index (χ3n) is 2.24. The second-order valence-corrected chi connectivity index (χ2v) is 4.88. The Morgan fingerprint density at radius 1 is 1.44 bits per heavy atom. The summed E-state index contributed by atoms with van der Waals surface area (Å²) in [5.41, 5.74) is 0.214. The number of alkyl halides is 1. The van der Waals surface area contributed by atoms with E-state index in [2.05, 4.69) is 9.97 Å². The van der Waals surface area contributed by atoms with E-state index >= 15 is 0 Å². The van der Waals surface area contributed by atoms with Gasteiger partial charge in [-0.1, -0.05) is 6.07 Å². The first-order valence-corrected chi connectivity index (χ1v) is 6.72. The zero-order valence-corrected chi connectivity index (χ0v) is 10.9. The van der Waals surface area contributed by atoms with Gasteiger partial charge in [0, 0.05) is 11.1 Å². The summed E-state index contributed by atoms with van der Waals surface area (Å²) < 4.78 is 13.0. The summed E-state index contributed by atoms with van der Waals surface area (Å²) in [6, 6.07) is 6.28. The fourth-order valence-corrected chi connectivity index (χ4v) is 2.35. The molecule has 3 nitrogen and oxygen atoms in total. The summed E-state index contributed by atoms with van der Waals surface area (Å²) in [7, 11) is 0. The van der Waals surface area contributed by atoms with Crippen molar-refractivity contribution in [2.24, 2.45) is 0 Å². The topological polar surface area (TPSA) is 45.8 Å². The highest BCUT2D eigenvalue weighted by atomic mass is 35.5. The molecule has 0 spiro atoms. The van der Waals surface area contributed by atoms with Crippen molar-refractivity contribution in [3.05, 3.63) is 58.0 Å². The van der Waals surface area contributed by atoms with Crippen LogP contribution >= 0.6 is 23.4 Å². The third-order valence-corrected chi connectivity index (χ3v) is 3.53. The van der Waals surface area contributed by atoms with Crippen LogP contribution in [0.2, 0.25) is 0 Å². The van der Waals surface area contributed by atoms with Gasteiger partial charge in [-0.05, 0) is 18.2 Å². The van der Waals surface area contributed by atoms with Crippen molar-refractivity contribution in [1.82, 2.24) is 9.97 Å². The summed E-state index contributed by atoms with van der Waals surface area (Å²) in [5.74, 6) is 0.878. The number of aromatic amines is 1. The van der Waals surface area contributed by atoms with Crippen LogP contribution in [0.15, 0.2) is 40.2 Å². The van der Waals surface area contributed by atoms with Crippen molar-refractivity contribution >= 4 is 23.4 Å². The lowest BCUT2D eigenvalue weighted by Gasteiger charge is -2.02.